The third kappa shape index (κ3) is 12.7. The standard InChI is InChI=1S/C30H44O3.C24H25NO2/c1-5-7-9-11-13-15-17-31-27-21-25-26-22-28(32-18-16-14-12-10-8-6-2)24(4)20-30(26)33-29(25)19-23(27)3;1-19-13-15-20(16-14-19)26-18-8-2-7-17-25-21-9-3-5-11-23(21)27-24-12-6-4-10-22(24)25/h19-22H,5-18H2,1-4H3;3-6,9-16H,2,7-8,17-18H2,1H3. The van der Waals surface area contributed by atoms with Crippen LogP contribution in [0.25, 0.3) is 21.9 Å². The summed E-state index contributed by atoms with van der Waals surface area (Å²) in [6, 6.07) is 33.3. The molecule has 6 nitrogen and oxygen atoms in total. The summed E-state index contributed by atoms with van der Waals surface area (Å²) >= 11 is 0. The molecule has 0 fully saturated rings. The fraction of sp³-hybridized carbons (Fsp3) is 0.444. The molecule has 0 bridgehead atoms. The van der Waals surface area contributed by atoms with Gasteiger partial charge in [0, 0.05) is 17.3 Å². The first-order valence-corrected chi connectivity index (χ1v) is 23.0. The number of nitrogens with zero attached hydrogens (tertiary/aromatic N) is 1. The summed E-state index contributed by atoms with van der Waals surface area (Å²) in [5.74, 6) is 4.75. The average Bonchev–Trinajstić information content (AvgIpc) is 3.59. The monoisotopic (exact) mass is 812 g/mol. The van der Waals surface area contributed by atoms with Crippen LogP contribution < -0.4 is 23.8 Å². The Kier molecular flexibility index (Phi) is 17.5. The lowest BCUT2D eigenvalue weighted by Crippen LogP contribution is -2.22. The van der Waals surface area contributed by atoms with Crippen molar-refractivity contribution in [2.75, 3.05) is 31.3 Å². The van der Waals surface area contributed by atoms with E-state index in [0.29, 0.717) is 0 Å². The molecule has 5 aromatic carbocycles. The molecule has 0 saturated carbocycles. The molecular weight excluding hydrogens is 743 g/mol. The first-order chi connectivity index (χ1) is 29.4. The Labute approximate surface area is 360 Å². The van der Waals surface area contributed by atoms with Crippen LogP contribution in [-0.2, 0) is 0 Å². The molecule has 7 rings (SSSR count). The minimum atomic E-state index is 0.763. The van der Waals surface area contributed by atoms with Gasteiger partial charge in [0.25, 0.3) is 0 Å². The van der Waals surface area contributed by atoms with Crippen LogP contribution in [0.2, 0.25) is 0 Å². The van der Waals surface area contributed by atoms with Gasteiger partial charge in [-0.15, -0.1) is 0 Å². The van der Waals surface area contributed by atoms with E-state index in [9.17, 15) is 0 Å². The zero-order valence-electron chi connectivity index (χ0n) is 37.2. The van der Waals surface area contributed by atoms with Crippen LogP contribution in [0, 0.1) is 20.8 Å². The second-order valence-corrected chi connectivity index (χ2v) is 16.5. The van der Waals surface area contributed by atoms with Gasteiger partial charge in [-0.25, -0.2) is 0 Å². The van der Waals surface area contributed by atoms with Gasteiger partial charge in [0.15, 0.2) is 11.5 Å². The zero-order chi connectivity index (χ0) is 41.9. The molecule has 60 heavy (non-hydrogen) atoms. The van der Waals surface area contributed by atoms with E-state index in [-0.39, 0.29) is 0 Å². The molecule has 1 aromatic heterocycles. The third-order valence-corrected chi connectivity index (χ3v) is 11.4. The number of anilines is 2. The van der Waals surface area contributed by atoms with E-state index in [1.54, 1.807) is 0 Å². The van der Waals surface area contributed by atoms with Crippen molar-refractivity contribution >= 4 is 33.3 Å². The molecule has 0 unspecified atom stereocenters. The number of hydrogen-bond acceptors (Lipinski definition) is 6. The number of ether oxygens (including phenoxy) is 4. The fourth-order valence-corrected chi connectivity index (χ4v) is 7.87. The second kappa shape index (κ2) is 23.6. The van der Waals surface area contributed by atoms with Crippen molar-refractivity contribution in [1.82, 2.24) is 0 Å². The summed E-state index contributed by atoms with van der Waals surface area (Å²) in [7, 11) is 0. The molecule has 2 heterocycles. The Hall–Kier alpha value is -5.10. The Balaban J connectivity index is 0.000000205. The topological polar surface area (TPSA) is 53.3 Å². The van der Waals surface area contributed by atoms with Crippen molar-refractivity contribution in [3.8, 4) is 28.7 Å². The number of aryl methyl sites for hydroxylation is 3. The van der Waals surface area contributed by atoms with E-state index >= 15 is 0 Å². The number of fused-ring (bicyclic) bond motifs is 5. The van der Waals surface area contributed by atoms with Crippen LogP contribution in [0.4, 0.5) is 11.4 Å². The predicted octanol–water partition coefficient (Wildman–Crippen LogP) is 16.2. The first kappa shape index (κ1) is 44.5. The maximum atomic E-state index is 6.17. The first-order valence-electron chi connectivity index (χ1n) is 23.0. The molecule has 1 aliphatic heterocycles. The van der Waals surface area contributed by atoms with Gasteiger partial charge in [0.05, 0.1) is 31.2 Å². The highest BCUT2D eigenvalue weighted by Crippen LogP contribution is 2.46. The summed E-state index contributed by atoms with van der Waals surface area (Å²) in [5.41, 5.74) is 7.64. The van der Waals surface area contributed by atoms with E-state index in [4.69, 9.17) is 23.4 Å². The molecule has 6 heteroatoms. The van der Waals surface area contributed by atoms with Gasteiger partial charge in [0.1, 0.15) is 28.4 Å². The number of benzene rings is 5. The van der Waals surface area contributed by atoms with Gasteiger partial charge in [0.2, 0.25) is 0 Å². The maximum Gasteiger partial charge on any atom is 0.151 e. The summed E-state index contributed by atoms with van der Waals surface area (Å²) in [6.45, 7) is 14.1. The molecular formula is C54H69NO5. The van der Waals surface area contributed by atoms with Gasteiger partial charge in [-0.3, -0.25) is 0 Å². The van der Waals surface area contributed by atoms with Gasteiger partial charge in [-0.1, -0.05) is 120 Å². The minimum absolute atomic E-state index is 0.763. The molecule has 0 aliphatic carbocycles. The van der Waals surface area contributed by atoms with Crippen LogP contribution in [0.1, 0.15) is 127 Å². The van der Waals surface area contributed by atoms with Crippen molar-refractivity contribution in [3.63, 3.8) is 0 Å². The third-order valence-electron chi connectivity index (χ3n) is 11.4. The average molecular weight is 812 g/mol. The molecule has 6 aromatic rings. The highest BCUT2D eigenvalue weighted by atomic mass is 16.5. The molecule has 1 aliphatic rings. The SMILES string of the molecule is CCCCCCCCOc1cc2c(cc1C)oc1cc(C)c(OCCCCCCCC)cc12.Cc1ccc(OCCCCCN2c3ccccc3Oc3ccccc32)cc1. The zero-order valence-corrected chi connectivity index (χ0v) is 37.2. The van der Waals surface area contributed by atoms with Gasteiger partial charge >= 0.3 is 0 Å². The fourth-order valence-electron chi connectivity index (χ4n) is 7.87. The Morgan fingerprint density at radius 2 is 0.917 bits per heavy atom. The molecule has 0 radical (unpaired) electrons. The minimum Gasteiger partial charge on any atom is -0.494 e. The van der Waals surface area contributed by atoms with Crippen LogP contribution in [0.15, 0.2) is 101 Å². The van der Waals surface area contributed by atoms with Crippen molar-refractivity contribution in [2.24, 2.45) is 0 Å². The highest BCUT2D eigenvalue weighted by Gasteiger charge is 2.23. The Morgan fingerprint density at radius 1 is 0.467 bits per heavy atom. The Morgan fingerprint density at radius 3 is 1.43 bits per heavy atom. The van der Waals surface area contributed by atoms with Crippen molar-refractivity contribution in [1.29, 1.82) is 0 Å². The van der Waals surface area contributed by atoms with Crippen molar-refractivity contribution in [2.45, 2.75) is 131 Å². The van der Waals surface area contributed by atoms with E-state index < -0.39 is 0 Å². The van der Waals surface area contributed by atoms with Crippen LogP contribution in [-0.4, -0.2) is 26.4 Å². The molecule has 320 valence electrons. The Bertz CT molecular complexity index is 2060. The highest BCUT2D eigenvalue weighted by molar-refractivity contribution is 6.06. The normalized spacial score (nSPS) is 11.8. The number of rotatable bonds is 23. The van der Waals surface area contributed by atoms with Crippen molar-refractivity contribution in [3.05, 3.63) is 114 Å². The van der Waals surface area contributed by atoms with Crippen molar-refractivity contribution < 1.29 is 23.4 Å². The lowest BCUT2D eigenvalue weighted by Gasteiger charge is -2.32. The number of unbranched alkanes of at least 4 members (excludes halogenated alkanes) is 12. The van der Waals surface area contributed by atoms with E-state index in [0.717, 1.165) is 132 Å². The quantitative estimate of drug-likeness (QED) is 0.0601. The lowest BCUT2D eigenvalue weighted by atomic mass is 10.1. The smallest absolute Gasteiger partial charge is 0.151 e. The summed E-state index contributed by atoms with van der Waals surface area (Å²) < 4.78 is 30.4. The lowest BCUT2D eigenvalue weighted by molar-refractivity contribution is 0.302. The molecule has 0 atom stereocenters. The maximum absolute atomic E-state index is 6.17. The largest absolute Gasteiger partial charge is 0.494 e. The summed E-state index contributed by atoms with van der Waals surface area (Å²) in [5, 5.41) is 2.22. The second-order valence-electron chi connectivity index (χ2n) is 16.5. The van der Waals surface area contributed by atoms with E-state index in [1.807, 2.05) is 36.4 Å². The molecule has 0 saturated heterocycles. The van der Waals surface area contributed by atoms with Crippen LogP contribution in [0.3, 0.4) is 0 Å². The predicted molar refractivity (Wildman–Crippen MR) is 251 cm³/mol. The molecule has 0 spiro atoms. The summed E-state index contributed by atoms with van der Waals surface area (Å²) in [6.07, 6.45) is 18.6. The van der Waals surface area contributed by atoms with Gasteiger partial charge < -0.3 is 28.3 Å². The summed E-state index contributed by atoms with van der Waals surface area (Å²) in [4.78, 5) is 2.37. The van der Waals surface area contributed by atoms with Crippen LogP contribution >= 0.6 is 0 Å². The van der Waals surface area contributed by atoms with Crippen LogP contribution in [0.5, 0.6) is 28.7 Å². The van der Waals surface area contributed by atoms with Gasteiger partial charge in [-0.2, -0.15) is 0 Å². The number of furan rings is 1. The molecule has 0 N–H and O–H groups in total. The molecule has 0 amide bonds. The van der Waals surface area contributed by atoms with Gasteiger partial charge in [-0.05, 0) is 125 Å². The van der Waals surface area contributed by atoms with E-state index in [1.165, 1.54) is 69.8 Å². The van der Waals surface area contributed by atoms with E-state index in [2.05, 4.69) is 100 Å². The number of hydrogen-bond donors (Lipinski definition) is 0. The number of para-hydroxylation sites is 4.